The topological polar surface area (TPSA) is 37.4 Å². The van der Waals surface area contributed by atoms with Gasteiger partial charge in [-0.3, -0.25) is 0 Å². The summed E-state index contributed by atoms with van der Waals surface area (Å²) in [7, 11) is 4.28. The Balaban J connectivity index is 1.99. The van der Waals surface area contributed by atoms with Crippen LogP contribution in [0, 0.1) is 0 Å². The second-order valence-corrected chi connectivity index (χ2v) is 5.86. The molecule has 5 heteroatoms. The third-order valence-electron chi connectivity index (χ3n) is 3.70. The Bertz CT molecular complexity index is 374. The van der Waals surface area contributed by atoms with Crippen LogP contribution in [-0.2, 0) is 4.74 Å². The highest BCUT2D eigenvalue weighted by molar-refractivity contribution is 9.10. The Labute approximate surface area is 117 Å². The maximum atomic E-state index is 5.47. The second-order valence-electron chi connectivity index (χ2n) is 4.95. The molecule has 0 unspecified atom stereocenters. The molecule has 0 bridgehead atoms. The van der Waals surface area contributed by atoms with Gasteiger partial charge in [0, 0.05) is 36.0 Å². The number of rotatable bonds is 4. The fourth-order valence-electron chi connectivity index (χ4n) is 2.27. The molecule has 1 N–H and O–H groups in total. The molecule has 1 aromatic rings. The lowest BCUT2D eigenvalue weighted by Crippen LogP contribution is -2.53. The van der Waals surface area contributed by atoms with Crippen molar-refractivity contribution in [1.29, 1.82) is 0 Å². The van der Waals surface area contributed by atoms with E-state index in [4.69, 9.17) is 4.74 Å². The predicted octanol–water partition coefficient (Wildman–Crippen LogP) is 2.37. The van der Waals surface area contributed by atoms with Crippen molar-refractivity contribution in [2.75, 3.05) is 39.2 Å². The monoisotopic (exact) mass is 313 g/mol. The Morgan fingerprint density at radius 2 is 2.11 bits per heavy atom. The first-order valence-electron chi connectivity index (χ1n) is 6.23. The number of anilines is 1. The molecule has 100 valence electrons. The van der Waals surface area contributed by atoms with Gasteiger partial charge in [-0.25, -0.2) is 4.98 Å². The van der Waals surface area contributed by atoms with Gasteiger partial charge in [0.15, 0.2) is 0 Å². The van der Waals surface area contributed by atoms with E-state index in [2.05, 4.69) is 45.2 Å². The van der Waals surface area contributed by atoms with Crippen LogP contribution in [0.15, 0.2) is 22.8 Å². The van der Waals surface area contributed by atoms with Crippen LogP contribution in [0.2, 0.25) is 0 Å². The van der Waals surface area contributed by atoms with Crippen LogP contribution in [-0.4, -0.2) is 49.3 Å². The van der Waals surface area contributed by atoms with Crippen LogP contribution >= 0.6 is 15.9 Å². The van der Waals surface area contributed by atoms with E-state index in [1.165, 1.54) is 0 Å². The molecule has 0 amide bonds. The lowest BCUT2D eigenvalue weighted by Gasteiger charge is -2.43. The third-order valence-corrected chi connectivity index (χ3v) is 4.17. The molecule has 1 fully saturated rings. The Morgan fingerprint density at radius 1 is 1.39 bits per heavy atom. The van der Waals surface area contributed by atoms with E-state index in [-0.39, 0.29) is 5.54 Å². The molecular formula is C13H20BrN3O. The van der Waals surface area contributed by atoms with E-state index in [1.807, 2.05) is 18.3 Å². The smallest absolute Gasteiger partial charge is 0.126 e. The zero-order valence-electron chi connectivity index (χ0n) is 10.9. The predicted molar refractivity (Wildman–Crippen MR) is 76.9 cm³/mol. The molecule has 0 aliphatic carbocycles. The van der Waals surface area contributed by atoms with Gasteiger partial charge in [-0.15, -0.1) is 0 Å². The molecule has 2 rings (SSSR count). The molecule has 4 nitrogen and oxygen atoms in total. The minimum absolute atomic E-state index is 0.174. The number of nitrogens with one attached hydrogen (secondary N) is 1. The van der Waals surface area contributed by atoms with E-state index in [9.17, 15) is 0 Å². The molecule has 0 saturated carbocycles. The van der Waals surface area contributed by atoms with Crippen LogP contribution in [0.3, 0.4) is 0 Å². The lowest BCUT2D eigenvalue weighted by molar-refractivity contribution is -0.000664. The number of aromatic nitrogens is 1. The van der Waals surface area contributed by atoms with Crippen molar-refractivity contribution in [2.24, 2.45) is 0 Å². The molecule has 1 saturated heterocycles. The summed E-state index contributed by atoms with van der Waals surface area (Å²) < 4.78 is 6.47. The quantitative estimate of drug-likeness (QED) is 0.926. The molecule has 2 heterocycles. The van der Waals surface area contributed by atoms with Gasteiger partial charge in [0.1, 0.15) is 5.82 Å². The average molecular weight is 314 g/mol. The molecular weight excluding hydrogens is 294 g/mol. The number of pyridine rings is 1. The summed E-state index contributed by atoms with van der Waals surface area (Å²) in [5, 5.41) is 3.43. The number of hydrogen-bond acceptors (Lipinski definition) is 4. The zero-order valence-corrected chi connectivity index (χ0v) is 12.5. The maximum Gasteiger partial charge on any atom is 0.126 e. The van der Waals surface area contributed by atoms with E-state index >= 15 is 0 Å². The lowest BCUT2D eigenvalue weighted by atomic mass is 9.88. The summed E-state index contributed by atoms with van der Waals surface area (Å²) in [6.45, 7) is 2.58. The number of hydrogen-bond donors (Lipinski definition) is 1. The van der Waals surface area contributed by atoms with Gasteiger partial charge >= 0.3 is 0 Å². The highest BCUT2D eigenvalue weighted by Gasteiger charge is 2.34. The van der Waals surface area contributed by atoms with E-state index in [0.29, 0.717) is 0 Å². The Hall–Kier alpha value is -0.650. The first-order chi connectivity index (χ1) is 8.62. The maximum absolute atomic E-state index is 5.47. The average Bonchev–Trinajstić information content (AvgIpc) is 2.39. The van der Waals surface area contributed by atoms with Crippen molar-refractivity contribution in [2.45, 2.75) is 18.4 Å². The van der Waals surface area contributed by atoms with Crippen LogP contribution in [0.5, 0.6) is 0 Å². The van der Waals surface area contributed by atoms with Gasteiger partial charge in [0.25, 0.3) is 0 Å². The summed E-state index contributed by atoms with van der Waals surface area (Å²) in [6.07, 6.45) is 3.93. The van der Waals surface area contributed by atoms with Gasteiger partial charge in [0.05, 0.1) is 0 Å². The van der Waals surface area contributed by atoms with Crippen LogP contribution in [0.1, 0.15) is 12.8 Å². The molecule has 0 spiro atoms. The molecule has 18 heavy (non-hydrogen) atoms. The van der Waals surface area contributed by atoms with Gasteiger partial charge in [-0.05, 0) is 55.0 Å². The molecule has 1 aliphatic rings. The number of halogens is 1. The summed E-state index contributed by atoms with van der Waals surface area (Å²) >= 11 is 3.39. The summed E-state index contributed by atoms with van der Waals surface area (Å²) in [5.41, 5.74) is 0.174. The fraction of sp³-hybridized carbons (Fsp3) is 0.615. The van der Waals surface area contributed by atoms with Crippen LogP contribution in [0.25, 0.3) is 0 Å². The summed E-state index contributed by atoms with van der Waals surface area (Å²) in [6, 6.07) is 3.99. The van der Waals surface area contributed by atoms with Crippen molar-refractivity contribution in [1.82, 2.24) is 9.88 Å². The SMILES string of the molecule is CN(C)C1(CNc2ccc(Br)cn2)CCOCC1. The van der Waals surface area contributed by atoms with Gasteiger partial charge in [0.2, 0.25) is 0 Å². The second kappa shape index (κ2) is 5.99. The zero-order chi connectivity index (χ0) is 13.0. The first-order valence-corrected chi connectivity index (χ1v) is 7.02. The van der Waals surface area contributed by atoms with Crippen LogP contribution in [0.4, 0.5) is 5.82 Å². The van der Waals surface area contributed by atoms with Crippen molar-refractivity contribution < 1.29 is 4.74 Å². The van der Waals surface area contributed by atoms with E-state index in [1.54, 1.807) is 0 Å². The van der Waals surface area contributed by atoms with Crippen molar-refractivity contribution >= 4 is 21.7 Å². The Kier molecular flexibility index (Phi) is 4.59. The standard InChI is InChI=1S/C13H20BrN3O/c1-17(2)13(5-7-18-8-6-13)10-16-12-4-3-11(14)9-15-12/h3-4,9H,5-8,10H2,1-2H3,(H,15,16). The van der Waals surface area contributed by atoms with Crippen molar-refractivity contribution in [3.63, 3.8) is 0 Å². The summed E-state index contributed by atoms with van der Waals surface area (Å²) in [5.74, 6) is 0.922. The molecule has 1 aliphatic heterocycles. The number of nitrogens with zero attached hydrogens (tertiary/aromatic N) is 2. The molecule has 0 atom stereocenters. The highest BCUT2D eigenvalue weighted by Crippen LogP contribution is 2.26. The number of ether oxygens (including phenoxy) is 1. The number of likely N-dealkylation sites (N-methyl/N-ethyl adjacent to an activating group) is 1. The van der Waals surface area contributed by atoms with Crippen molar-refractivity contribution in [3.05, 3.63) is 22.8 Å². The minimum atomic E-state index is 0.174. The van der Waals surface area contributed by atoms with E-state index in [0.717, 1.165) is 42.9 Å². The van der Waals surface area contributed by atoms with Gasteiger partial charge in [-0.1, -0.05) is 0 Å². The Morgan fingerprint density at radius 3 is 2.67 bits per heavy atom. The van der Waals surface area contributed by atoms with Crippen LogP contribution < -0.4 is 5.32 Å². The third kappa shape index (κ3) is 3.22. The largest absolute Gasteiger partial charge is 0.381 e. The normalized spacial score (nSPS) is 18.9. The fourth-order valence-corrected chi connectivity index (χ4v) is 2.50. The summed E-state index contributed by atoms with van der Waals surface area (Å²) in [4.78, 5) is 6.65. The first kappa shape index (κ1) is 13.8. The molecule has 0 aromatic carbocycles. The molecule has 0 radical (unpaired) electrons. The molecule has 1 aromatic heterocycles. The van der Waals surface area contributed by atoms with Crippen molar-refractivity contribution in [3.8, 4) is 0 Å². The van der Waals surface area contributed by atoms with E-state index < -0.39 is 0 Å². The minimum Gasteiger partial charge on any atom is -0.381 e. The van der Waals surface area contributed by atoms with Gasteiger partial charge in [-0.2, -0.15) is 0 Å². The highest BCUT2D eigenvalue weighted by atomic mass is 79.9. The van der Waals surface area contributed by atoms with Gasteiger partial charge < -0.3 is 15.0 Å².